The lowest BCUT2D eigenvalue weighted by Crippen LogP contribution is -2.42. The Hall–Kier alpha value is -3.93. The molecule has 4 rings (SSSR count). The van der Waals surface area contributed by atoms with Crippen molar-refractivity contribution in [3.05, 3.63) is 83.9 Å². The highest BCUT2D eigenvalue weighted by molar-refractivity contribution is 6.16. The fourth-order valence-corrected chi connectivity index (χ4v) is 4.01. The van der Waals surface area contributed by atoms with Crippen LogP contribution in [0.2, 0.25) is 0 Å². The Balaban J connectivity index is 1.54. The van der Waals surface area contributed by atoms with Gasteiger partial charge in [-0.25, -0.2) is 9.78 Å². The molecule has 0 aliphatic carbocycles. The van der Waals surface area contributed by atoms with Gasteiger partial charge in [0.05, 0.1) is 23.2 Å². The molecule has 174 valence electrons. The summed E-state index contributed by atoms with van der Waals surface area (Å²) in [6, 6.07) is 21.1. The summed E-state index contributed by atoms with van der Waals surface area (Å²) in [5.41, 5.74) is 2.61. The van der Waals surface area contributed by atoms with E-state index in [0.717, 1.165) is 30.6 Å². The van der Waals surface area contributed by atoms with Gasteiger partial charge in [0.1, 0.15) is 11.8 Å². The number of pyridine rings is 1. The van der Waals surface area contributed by atoms with Gasteiger partial charge in [-0.15, -0.1) is 0 Å². The number of nitrogens with one attached hydrogen (secondary N) is 1. The Bertz CT molecular complexity index is 1250. The SMILES string of the molecule is CCCCCOc1ccc(C[C@H](NC(=O)c2c3ccccc3nc3ccccc23)C(=O)O)cc1. The second-order valence-electron chi connectivity index (χ2n) is 8.29. The molecular weight excluding hydrogens is 428 g/mol. The average molecular weight is 457 g/mol. The highest BCUT2D eigenvalue weighted by Gasteiger charge is 2.24. The zero-order chi connectivity index (χ0) is 23.9. The minimum Gasteiger partial charge on any atom is -0.494 e. The van der Waals surface area contributed by atoms with Gasteiger partial charge in [-0.05, 0) is 36.2 Å². The van der Waals surface area contributed by atoms with Crippen LogP contribution in [-0.2, 0) is 11.2 Å². The Morgan fingerprint density at radius 2 is 1.53 bits per heavy atom. The van der Waals surface area contributed by atoms with Crippen molar-refractivity contribution in [1.82, 2.24) is 10.3 Å². The molecule has 2 N–H and O–H groups in total. The summed E-state index contributed by atoms with van der Waals surface area (Å²) in [5.74, 6) is -0.764. The van der Waals surface area contributed by atoms with Gasteiger partial charge in [0.25, 0.3) is 5.91 Å². The molecule has 6 nitrogen and oxygen atoms in total. The van der Waals surface area contributed by atoms with E-state index < -0.39 is 17.9 Å². The van der Waals surface area contributed by atoms with Crippen LogP contribution in [-0.4, -0.2) is 34.6 Å². The number of carboxylic acid groups (broad SMARTS) is 1. The fraction of sp³-hybridized carbons (Fsp3) is 0.250. The van der Waals surface area contributed by atoms with Gasteiger partial charge in [-0.2, -0.15) is 0 Å². The van der Waals surface area contributed by atoms with Crippen molar-refractivity contribution < 1.29 is 19.4 Å². The van der Waals surface area contributed by atoms with Crippen molar-refractivity contribution in [2.75, 3.05) is 6.61 Å². The molecule has 1 amide bonds. The first-order valence-corrected chi connectivity index (χ1v) is 11.6. The number of carbonyl (C=O) groups is 2. The third-order valence-electron chi connectivity index (χ3n) is 5.80. The van der Waals surface area contributed by atoms with E-state index in [1.807, 2.05) is 72.8 Å². The van der Waals surface area contributed by atoms with Gasteiger partial charge >= 0.3 is 5.97 Å². The number of carboxylic acids is 1. The third-order valence-corrected chi connectivity index (χ3v) is 5.80. The summed E-state index contributed by atoms with van der Waals surface area (Å²) in [5, 5.41) is 13.9. The zero-order valence-electron chi connectivity index (χ0n) is 19.2. The first-order valence-electron chi connectivity index (χ1n) is 11.6. The van der Waals surface area contributed by atoms with Crippen molar-refractivity contribution in [2.24, 2.45) is 0 Å². The van der Waals surface area contributed by atoms with E-state index in [1.165, 1.54) is 0 Å². The molecule has 0 saturated heterocycles. The van der Waals surface area contributed by atoms with Crippen LogP contribution in [0, 0.1) is 0 Å². The normalized spacial score (nSPS) is 11.9. The molecule has 0 radical (unpaired) electrons. The number of unbranched alkanes of at least 4 members (excludes halogenated alkanes) is 2. The van der Waals surface area contributed by atoms with Crippen LogP contribution in [0.5, 0.6) is 5.75 Å². The maximum atomic E-state index is 13.4. The van der Waals surface area contributed by atoms with E-state index in [-0.39, 0.29) is 6.42 Å². The van der Waals surface area contributed by atoms with Crippen molar-refractivity contribution in [3.8, 4) is 5.75 Å². The molecule has 0 aliphatic rings. The number of fused-ring (bicyclic) bond motifs is 2. The van der Waals surface area contributed by atoms with Gasteiger partial charge in [-0.3, -0.25) is 4.79 Å². The second kappa shape index (κ2) is 10.8. The first kappa shape index (κ1) is 23.2. The monoisotopic (exact) mass is 456 g/mol. The number of rotatable bonds is 10. The van der Waals surface area contributed by atoms with E-state index >= 15 is 0 Å². The lowest BCUT2D eigenvalue weighted by atomic mass is 10.0. The van der Waals surface area contributed by atoms with Crippen molar-refractivity contribution in [2.45, 2.75) is 38.6 Å². The highest BCUT2D eigenvalue weighted by atomic mass is 16.5. The van der Waals surface area contributed by atoms with E-state index in [0.29, 0.717) is 34.0 Å². The summed E-state index contributed by atoms with van der Waals surface area (Å²) in [4.78, 5) is 30.0. The summed E-state index contributed by atoms with van der Waals surface area (Å²) >= 11 is 0. The lowest BCUT2D eigenvalue weighted by Gasteiger charge is -2.17. The number of hydrogen-bond donors (Lipinski definition) is 2. The number of para-hydroxylation sites is 2. The van der Waals surface area contributed by atoms with Crippen LogP contribution in [0.1, 0.15) is 42.1 Å². The van der Waals surface area contributed by atoms with Gasteiger partial charge in [0, 0.05) is 17.2 Å². The Labute approximate surface area is 198 Å². The number of hydrogen-bond acceptors (Lipinski definition) is 4. The molecule has 0 aliphatic heterocycles. The van der Waals surface area contributed by atoms with Gasteiger partial charge < -0.3 is 15.2 Å². The van der Waals surface area contributed by atoms with E-state index in [4.69, 9.17) is 4.74 Å². The predicted molar refractivity (Wildman–Crippen MR) is 133 cm³/mol. The number of aliphatic carboxylic acids is 1. The number of benzene rings is 3. The summed E-state index contributed by atoms with van der Waals surface area (Å²) in [7, 11) is 0. The molecule has 0 bridgehead atoms. The van der Waals surface area contributed by atoms with Crippen LogP contribution in [0.3, 0.4) is 0 Å². The van der Waals surface area contributed by atoms with E-state index in [2.05, 4.69) is 17.2 Å². The maximum Gasteiger partial charge on any atom is 0.326 e. The van der Waals surface area contributed by atoms with E-state index in [9.17, 15) is 14.7 Å². The molecule has 0 saturated carbocycles. The van der Waals surface area contributed by atoms with Crippen molar-refractivity contribution >= 4 is 33.7 Å². The fourth-order valence-electron chi connectivity index (χ4n) is 4.01. The molecule has 34 heavy (non-hydrogen) atoms. The Kier molecular flexibility index (Phi) is 7.38. The topological polar surface area (TPSA) is 88.5 Å². The number of ether oxygens (including phenoxy) is 1. The smallest absolute Gasteiger partial charge is 0.326 e. The van der Waals surface area contributed by atoms with Crippen LogP contribution >= 0.6 is 0 Å². The molecule has 0 unspecified atom stereocenters. The number of carbonyl (C=O) groups excluding carboxylic acids is 1. The summed E-state index contributed by atoms with van der Waals surface area (Å²) in [6.07, 6.45) is 3.43. The molecule has 6 heteroatoms. The third kappa shape index (κ3) is 5.34. The van der Waals surface area contributed by atoms with Crippen LogP contribution in [0.15, 0.2) is 72.8 Å². The highest BCUT2D eigenvalue weighted by Crippen LogP contribution is 2.26. The molecule has 4 aromatic rings. The standard InChI is InChI=1S/C28H28N2O4/c1-2-3-8-17-34-20-15-13-19(14-16-20)18-25(28(32)33)30-27(31)26-21-9-4-6-11-23(21)29-24-12-7-5-10-22(24)26/h4-7,9-16,25H,2-3,8,17-18H2,1H3,(H,30,31)(H,32,33)/t25-/m0/s1. The van der Waals surface area contributed by atoms with Crippen LogP contribution in [0.25, 0.3) is 21.8 Å². The van der Waals surface area contributed by atoms with Gasteiger partial charge in [0.2, 0.25) is 0 Å². The van der Waals surface area contributed by atoms with Crippen LogP contribution in [0.4, 0.5) is 0 Å². The van der Waals surface area contributed by atoms with Crippen molar-refractivity contribution in [1.29, 1.82) is 0 Å². The van der Waals surface area contributed by atoms with Crippen molar-refractivity contribution in [3.63, 3.8) is 0 Å². The molecule has 1 aromatic heterocycles. The van der Waals surface area contributed by atoms with Gasteiger partial charge in [0.15, 0.2) is 0 Å². The summed E-state index contributed by atoms with van der Waals surface area (Å²) < 4.78 is 5.73. The minimum atomic E-state index is -1.09. The maximum absolute atomic E-state index is 13.4. The molecular formula is C28H28N2O4. The number of amides is 1. The van der Waals surface area contributed by atoms with Gasteiger partial charge in [-0.1, -0.05) is 68.3 Å². The average Bonchev–Trinajstić information content (AvgIpc) is 2.85. The van der Waals surface area contributed by atoms with Crippen LogP contribution < -0.4 is 10.1 Å². The lowest BCUT2D eigenvalue weighted by molar-refractivity contribution is -0.139. The number of nitrogens with zero attached hydrogens (tertiary/aromatic N) is 1. The largest absolute Gasteiger partial charge is 0.494 e. The molecule has 3 aromatic carbocycles. The molecule has 0 fully saturated rings. The minimum absolute atomic E-state index is 0.165. The molecule has 1 heterocycles. The Morgan fingerprint density at radius 1 is 0.912 bits per heavy atom. The van der Waals surface area contributed by atoms with E-state index in [1.54, 1.807) is 0 Å². The summed E-state index contributed by atoms with van der Waals surface area (Å²) in [6.45, 7) is 2.81. The zero-order valence-corrected chi connectivity index (χ0v) is 19.2. The molecule has 0 spiro atoms. The molecule has 1 atom stereocenters. The number of aromatic nitrogens is 1. The predicted octanol–water partition coefficient (Wildman–Crippen LogP) is 5.38. The first-order chi connectivity index (χ1) is 16.6. The second-order valence-corrected chi connectivity index (χ2v) is 8.29. The Morgan fingerprint density at radius 3 is 2.12 bits per heavy atom. The quantitative estimate of drug-likeness (QED) is 0.247.